The zero-order chi connectivity index (χ0) is 15.4. The van der Waals surface area contributed by atoms with E-state index in [0.29, 0.717) is 19.8 Å². The number of amides is 1. The molecule has 21 heavy (non-hydrogen) atoms. The lowest BCUT2D eigenvalue weighted by Gasteiger charge is -2.35. The minimum atomic E-state index is -0.358. The maximum atomic E-state index is 12.0. The fourth-order valence-corrected chi connectivity index (χ4v) is 2.25. The van der Waals surface area contributed by atoms with Crippen molar-refractivity contribution in [1.29, 1.82) is 0 Å². The molecule has 1 aliphatic rings. The van der Waals surface area contributed by atoms with Crippen LogP contribution in [0.5, 0.6) is 0 Å². The summed E-state index contributed by atoms with van der Waals surface area (Å²) in [5.41, 5.74) is 0. The lowest BCUT2D eigenvalue weighted by Crippen LogP contribution is -2.53. The summed E-state index contributed by atoms with van der Waals surface area (Å²) in [6.07, 6.45) is 0. The number of nitrogens with one attached hydrogen (secondary N) is 2. The van der Waals surface area contributed by atoms with Crippen LogP contribution in [0.2, 0.25) is 0 Å². The molecule has 0 spiro atoms. The third-order valence-electron chi connectivity index (χ3n) is 3.47. The molecule has 7 heteroatoms. The molecule has 1 saturated heterocycles. The average molecular weight is 293 g/mol. The van der Waals surface area contributed by atoms with Crippen molar-refractivity contribution in [2.24, 2.45) is 0 Å². The first-order valence-corrected chi connectivity index (χ1v) is 7.19. The number of morpholine rings is 1. The minimum absolute atomic E-state index is 0.0644. The highest BCUT2D eigenvalue weighted by Gasteiger charge is 2.30. The SMILES string of the molecule is CNC(=O)C1COCCN1c1cc(NC)nc(C(C)C)n1. The van der Waals surface area contributed by atoms with Crippen LogP contribution in [0.1, 0.15) is 25.6 Å². The maximum Gasteiger partial charge on any atom is 0.244 e. The van der Waals surface area contributed by atoms with Crippen molar-refractivity contribution in [3.05, 3.63) is 11.9 Å². The molecule has 7 nitrogen and oxygen atoms in total. The first-order valence-electron chi connectivity index (χ1n) is 7.19. The fourth-order valence-electron chi connectivity index (χ4n) is 2.25. The molecule has 1 fully saturated rings. The Balaban J connectivity index is 2.37. The van der Waals surface area contributed by atoms with Crippen molar-refractivity contribution in [2.75, 3.05) is 44.1 Å². The van der Waals surface area contributed by atoms with E-state index in [2.05, 4.69) is 20.6 Å². The predicted octanol–water partition coefficient (Wildman–Crippen LogP) is 0.593. The Hall–Kier alpha value is -1.89. The molecule has 1 atom stereocenters. The highest BCUT2D eigenvalue weighted by molar-refractivity contribution is 5.85. The van der Waals surface area contributed by atoms with E-state index < -0.39 is 0 Å². The van der Waals surface area contributed by atoms with E-state index in [1.165, 1.54) is 0 Å². The Kier molecular flexibility index (Phi) is 4.95. The van der Waals surface area contributed by atoms with E-state index in [9.17, 15) is 4.79 Å². The van der Waals surface area contributed by atoms with Crippen molar-refractivity contribution in [3.63, 3.8) is 0 Å². The largest absolute Gasteiger partial charge is 0.377 e. The summed E-state index contributed by atoms with van der Waals surface area (Å²) in [6.45, 7) is 5.69. The Morgan fingerprint density at radius 3 is 2.81 bits per heavy atom. The normalized spacial score (nSPS) is 18.7. The summed E-state index contributed by atoms with van der Waals surface area (Å²) in [6, 6.07) is 1.51. The molecule has 116 valence electrons. The Morgan fingerprint density at radius 2 is 2.19 bits per heavy atom. The van der Waals surface area contributed by atoms with Crippen LogP contribution in [0.25, 0.3) is 0 Å². The van der Waals surface area contributed by atoms with Gasteiger partial charge in [0.05, 0.1) is 13.2 Å². The van der Waals surface area contributed by atoms with E-state index in [4.69, 9.17) is 4.74 Å². The van der Waals surface area contributed by atoms with Gasteiger partial charge in [-0.05, 0) is 0 Å². The first kappa shape index (κ1) is 15.5. The molecule has 2 rings (SSSR count). The topological polar surface area (TPSA) is 79.4 Å². The van der Waals surface area contributed by atoms with E-state index in [1.54, 1.807) is 7.05 Å². The van der Waals surface area contributed by atoms with Crippen LogP contribution >= 0.6 is 0 Å². The molecule has 2 heterocycles. The predicted molar refractivity (Wildman–Crippen MR) is 81.7 cm³/mol. The number of aromatic nitrogens is 2. The zero-order valence-electron chi connectivity index (χ0n) is 13.0. The molecular formula is C14H23N5O2. The number of ether oxygens (including phenoxy) is 1. The number of likely N-dealkylation sites (N-methyl/N-ethyl adjacent to an activating group) is 1. The summed E-state index contributed by atoms with van der Waals surface area (Å²) in [4.78, 5) is 23.1. The van der Waals surface area contributed by atoms with E-state index in [0.717, 1.165) is 17.5 Å². The number of anilines is 2. The van der Waals surface area contributed by atoms with Gasteiger partial charge in [0.1, 0.15) is 23.5 Å². The quantitative estimate of drug-likeness (QED) is 0.846. The van der Waals surface area contributed by atoms with Crippen molar-refractivity contribution in [1.82, 2.24) is 15.3 Å². The third kappa shape index (κ3) is 3.41. The van der Waals surface area contributed by atoms with Crippen LogP contribution in [0.3, 0.4) is 0 Å². The summed E-state index contributed by atoms with van der Waals surface area (Å²) in [5, 5.41) is 5.73. The number of carbonyl (C=O) groups excluding carboxylic acids is 1. The zero-order valence-corrected chi connectivity index (χ0v) is 13.0. The van der Waals surface area contributed by atoms with Gasteiger partial charge in [0.2, 0.25) is 5.91 Å². The summed E-state index contributed by atoms with van der Waals surface area (Å²) >= 11 is 0. The van der Waals surface area contributed by atoms with Gasteiger partial charge in [0.25, 0.3) is 0 Å². The van der Waals surface area contributed by atoms with Gasteiger partial charge in [-0.25, -0.2) is 9.97 Å². The lowest BCUT2D eigenvalue weighted by molar-refractivity contribution is -0.124. The Labute approximate surface area is 125 Å². The smallest absolute Gasteiger partial charge is 0.244 e. The third-order valence-corrected chi connectivity index (χ3v) is 3.47. The molecule has 0 saturated carbocycles. The average Bonchev–Trinajstić information content (AvgIpc) is 2.53. The van der Waals surface area contributed by atoms with Crippen LogP contribution in [-0.4, -0.2) is 55.8 Å². The van der Waals surface area contributed by atoms with Gasteiger partial charge in [0.15, 0.2) is 0 Å². The van der Waals surface area contributed by atoms with Gasteiger partial charge < -0.3 is 20.3 Å². The van der Waals surface area contributed by atoms with Gasteiger partial charge in [-0.3, -0.25) is 4.79 Å². The van der Waals surface area contributed by atoms with Crippen LogP contribution < -0.4 is 15.5 Å². The van der Waals surface area contributed by atoms with Crippen LogP contribution in [0.4, 0.5) is 11.6 Å². The van der Waals surface area contributed by atoms with Gasteiger partial charge in [-0.2, -0.15) is 0 Å². The minimum Gasteiger partial charge on any atom is -0.377 e. The second-order valence-electron chi connectivity index (χ2n) is 5.27. The highest BCUT2D eigenvalue weighted by atomic mass is 16.5. The van der Waals surface area contributed by atoms with E-state index in [-0.39, 0.29) is 17.9 Å². The van der Waals surface area contributed by atoms with E-state index in [1.807, 2.05) is 31.9 Å². The van der Waals surface area contributed by atoms with Crippen LogP contribution in [0, 0.1) is 0 Å². The van der Waals surface area contributed by atoms with Gasteiger partial charge >= 0.3 is 0 Å². The summed E-state index contributed by atoms with van der Waals surface area (Å²) in [7, 11) is 3.46. The second kappa shape index (κ2) is 6.71. The van der Waals surface area contributed by atoms with Crippen LogP contribution in [0.15, 0.2) is 6.07 Å². The Morgan fingerprint density at radius 1 is 1.43 bits per heavy atom. The number of rotatable bonds is 4. The van der Waals surface area contributed by atoms with Crippen molar-refractivity contribution in [3.8, 4) is 0 Å². The fraction of sp³-hybridized carbons (Fsp3) is 0.643. The molecular weight excluding hydrogens is 270 g/mol. The standard InChI is InChI=1S/C14H23N5O2/c1-9(2)13-17-11(15-3)7-12(18-13)19-5-6-21-8-10(19)14(20)16-4/h7,9-10H,5-6,8H2,1-4H3,(H,16,20)(H,15,17,18). The molecule has 2 N–H and O–H groups in total. The Bertz CT molecular complexity index is 506. The van der Waals surface area contributed by atoms with Gasteiger partial charge in [-0.1, -0.05) is 13.8 Å². The van der Waals surface area contributed by atoms with Crippen molar-refractivity contribution < 1.29 is 9.53 Å². The lowest BCUT2D eigenvalue weighted by atomic mass is 10.2. The molecule has 1 unspecified atom stereocenters. The molecule has 1 amide bonds. The number of nitrogens with zero attached hydrogens (tertiary/aromatic N) is 3. The van der Waals surface area contributed by atoms with Crippen molar-refractivity contribution >= 4 is 17.5 Å². The molecule has 1 aromatic rings. The molecule has 1 aliphatic heterocycles. The van der Waals surface area contributed by atoms with E-state index >= 15 is 0 Å². The number of carbonyl (C=O) groups is 1. The van der Waals surface area contributed by atoms with Crippen LogP contribution in [-0.2, 0) is 9.53 Å². The number of hydrogen-bond donors (Lipinski definition) is 2. The van der Waals surface area contributed by atoms with Gasteiger partial charge in [-0.15, -0.1) is 0 Å². The second-order valence-corrected chi connectivity index (χ2v) is 5.27. The molecule has 0 bridgehead atoms. The molecule has 0 aromatic carbocycles. The van der Waals surface area contributed by atoms with Crippen molar-refractivity contribution in [2.45, 2.75) is 25.8 Å². The highest BCUT2D eigenvalue weighted by Crippen LogP contribution is 2.23. The monoisotopic (exact) mass is 293 g/mol. The molecule has 0 aliphatic carbocycles. The number of hydrogen-bond acceptors (Lipinski definition) is 6. The molecule has 0 radical (unpaired) electrons. The first-order chi connectivity index (χ1) is 10.1. The maximum absolute atomic E-state index is 12.0. The summed E-state index contributed by atoms with van der Waals surface area (Å²) in [5.74, 6) is 2.43. The summed E-state index contributed by atoms with van der Waals surface area (Å²) < 4.78 is 5.43. The molecule has 1 aromatic heterocycles. The van der Waals surface area contributed by atoms with Gasteiger partial charge in [0, 0.05) is 32.6 Å².